The first kappa shape index (κ1) is 16.0. The van der Waals surface area contributed by atoms with Gasteiger partial charge in [-0.25, -0.2) is 9.67 Å². The number of amides is 1. The van der Waals surface area contributed by atoms with Crippen LogP contribution in [0.15, 0.2) is 0 Å². The molecule has 2 atom stereocenters. The first-order chi connectivity index (χ1) is 12.7. The van der Waals surface area contributed by atoms with E-state index in [-0.39, 0.29) is 11.8 Å². The van der Waals surface area contributed by atoms with E-state index in [0.29, 0.717) is 42.2 Å². The molecule has 2 aromatic rings. The summed E-state index contributed by atoms with van der Waals surface area (Å²) < 4.78 is 1.71. The molecule has 138 valence electrons. The molecule has 3 heterocycles. The van der Waals surface area contributed by atoms with Crippen LogP contribution in [0.1, 0.15) is 72.3 Å². The molecule has 8 nitrogen and oxygen atoms in total. The highest BCUT2D eigenvalue weighted by Crippen LogP contribution is 2.47. The third kappa shape index (κ3) is 2.62. The van der Waals surface area contributed by atoms with E-state index in [9.17, 15) is 4.79 Å². The number of nitrogens with one attached hydrogen (secondary N) is 1. The molecule has 5 rings (SSSR count). The molecule has 0 spiro atoms. The molecule has 2 aromatic heterocycles. The molecule has 1 amide bonds. The minimum absolute atomic E-state index is 0.0458. The zero-order valence-electron chi connectivity index (χ0n) is 15.4. The van der Waals surface area contributed by atoms with Crippen molar-refractivity contribution >= 4 is 5.91 Å². The fourth-order valence-electron chi connectivity index (χ4n) is 4.30. The van der Waals surface area contributed by atoms with Gasteiger partial charge >= 0.3 is 0 Å². The van der Waals surface area contributed by atoms with Crippen molar-refractivity contribution in [1.82, 2.24) is 35.1 Å². The van der Waals surface area contributed by atoms with Crippen molar-refractivity contribution in [2.24, 2.45) is 11.8 Å². The third-order valence-corrected chi connectivity index (χ3v) is 6.10. The molecule has 0 unspecified atom stereocenters. The normalized spacial score (nSPS) is 25.8. The molecule has 8 heteroatoms. The van der Waals surface area contributed by atoms with Gasteiger partial charge in [0, 0.05) is 31.5 Å². The number of carbonyl (C=O) groups is 1. The fraction of sp³-hybridized carbons (Fsp3) is 0.722. The minimum atomic E-state index is 0.0458. The molecule has 1 saturated heterocycles. The molecule has 1 aliphatic heterocycles. The predicted octanol–water partition coefficient (Wildman–Crippen LogP) is 1.87. The largest absolute Gasteiger partial charge is 0.336 e. The number of nitrogens with zero attached hydrogens (tertiary/aromatic N) is 6. The highest BCUT2D eigenvalue weighted by atomic mass is 16.2. The molecule has 2 saturated carbocycles. The summed E-state index contributed by atoms with van der Waals surface area (Å²) in [5, 5.41) is 15.8. The highest BCUT2D eigenvalue weighted by molar-refractivity contribution is 5.93. The van der Waals surface area contributed by atoms with E-state index in [0.717, 1.165) is 18.2 Å². The average Bonchev–Trinajstić information content (AvgIpc) is 3.55. The van der Waals surface area contributed by atoms with Crippen LogP contribution in [0.5, 0.6) is 0 Å². The maximum atomic E-state index is 13.2. The van der Waals surface area contributed by atoms with Gasteiger partial charge in [-0.2, -0.15) is 5.10 Å². The van der Waals surface area contributed by atoms with Crippen LogP contribution in [0.3, 0.4) is 0 Å². The van der Waals surface area contributed by atoms with Crippen LogP contribution >= 0.6 is 0 Å². The van der Waals surface area contributed by atoms with Gasteiger partial charge in [0.25, 0.3) is 5.91 Å². The molecular formula is C18H25N7O. The lowest BCUT2D eigenvalue weighted by Crippen LogP contribution is -2.31. The van der Waals surface area contributed by atoms with Crippen LogP contribution in [0, 0.1) is 18.8 Å². The maximum absolute atomic E-state index is 13.2. The Kier molecular flexibility index (Phi) is 3.62. The predicted molar refractivity (Wildman–Crippen MR) is 93.6 cm³/mol. The first-order valence-corrected chi connectivity index (χ1v) is 9.77. The van der Waals surface area contributed by atoms with Crippen molar-refractivity contribution < 1.29 is 4.79 Å². The van der Waals surface area contributed by atoms with E-state index >= 15 is 0 Å². The Bertz CT molecular complexity index is 832. The summed E-state index contributed by atoms with van der Waals surface area (Å²) in [4.78, 5) is 19.9. The second kappa shape index (κ2) is 5.89. The molecule has 0 aromatic carbocycles. The number of aromatic amines is 1. The van der Waals surface area contributed by atoms with Crippen molar-refractivity contribution in [1.29, 1.82) is 0 Å². The molecular weight excluding hydrogens is 330 g/mol. The van der Waals surface area contributed by atoms with Crippen molar-refractivity contribution in [3.05, 3.63) is 23.0 Å². The Morgan fingerprint density at radius 3 is 2.73 bits per heavy atom. The summed E-state index contributed by atoms with van der Waals surface area (Å²) in [5.41, 5.74) is 1.33. The highest BCUT2D eigenvalue weighted by Gasteiger charge is 2.46. The zero-order valence-corrected chi connectivity index (χ0v) is 15.4. The summed E-state index contributed by atoms with van der Waals surface area (Å²) in [6.45, 7) is 5.99. The lowest BCUT2D eigenvalue weighted by Gasteiger charge is -2.16. The molecule has 2 aliphatic carbocycles. The second-order valence-corrected chi connectivity index (χ2v) is 8.01. The van der Waals surface area contributed by atoms with Gasteiger partial charge in [0.1, 0.15) is 11.5 Å². The standard InChI is InChI=1S/C18H25N7O/c1-3-25-15(10(2)20-23-25)18(26)24-8-13(11-4-5-11)14(9-24)17-19-16(21-22-17)12-6-7-12/h11-14H,3-9H2,1-2H3,(H,19,21,22)/t13-,14+/m1/s1. The molecule has 0 radical (unpaired) electrons. The summed E-state index contributed by atoms with van der Waals surface area (Å²) in [7, 11) is 0. The van der Waals surface area contributed by atoms with Gasteiger partial charge in [0.05, 0.1) is 5.69 Å². The zero-order chi connectivity index (χ0) is 17.8. The van der Waals surface area contributed by atoms with E-state index in [1.54, 1.807) is 4.68 Å². The smallest absolute Gasteiger partial charge is 0.274 e. The fourth-order valence-corrected chi connectivity index (χ4v) is 4.30. The number of hydrogen-bond donors (Lipinski definition) is 1. The average molecular weight is 355 g/mol. The van der Waals surface area contributed by atoms with Gasteiger partial charge in [-0.1, -0.05) is 5.21 Å². The Balaban J connectivity index is 1.40. The van der Waals surface area contributed by atoms with Crippen LogP contribution in [-0.2, 0) is 6.54 Å². The molecule has 0 bridgehead atoms. The Morgan fingerprint density at radius 2 is 2.04 bits per heavy atom. The van der Waals surface area contributed by atoms with Crippen LogP contribution in [0.2, 0.25) is 0 Å². The van der Waals surface area contributed by atoms with Gasteiger partial charge in [0.2, 0.25) is 0 Å². The van der Waals surface area contributed by atoms with E-state index in [1.165, 1.54) is 25.7 Å². The van der Waals surface area contributed by atoms with Crippen molar-refractivity contribution in [3.63, 3.8) is 0 Å². The van der Waals surface area contributed by atoms with Crippen molar-refractivity contribution in [3.8, 4) is 0 Å². The van der Waals surface area contributed by atoms with E-state index in [1.807, 2.05) is 18.7 Å². The maximum Gasteiger partial charge on any atom is 0.274 e. The lowest BCUT2D eigenvalue weighted by atomic mass is 9.91. The SMILES string of the molecule is CCn1nnc(C)c1C(=O)N1C[C@H](c2nc(C3CC3)n[nH]2)[C@@H](C2CC2)C1. The summed E-state index contributed by atoms with van der Waals surface area (Å²) in [6.07, 6.45) is 4.93. The number of rotatable bonds is 5. The topological polar surface area (TPSA) is 92.6 Å². The van der Waals surface area contributed by atoms with Crippen LogP contribution in [0.25, 0.3) is 0 Å². The van der Waals surface area contributed by atoms with Gasteiger partial charge < -0.3 is 4.90 Å². The molecule has 3 fully saturated rings. The molecule has 3 aliphatic rings. The van der Waals surface area contributed by atoms with Gasteiger partial charge in [-0.15, -0.1) is 5.10 Å². The summed E-state index contributed by atoms with van der Waals surface area (Å²) >= 11 is 0. The van der Waals surface area contributed by atoms with Crippen molar-refractivity contribution in [2.45, 2.75) is 57.9 Å². The van der Waals surface area contributed by atoms with Crippen LogP contribution in [-0.4, -0.2) is 54.1 Å². The molecule has 1 N–H and O–H groups in total. The van der Waals surface area contributed by atoms with Crippen molar-refractivity contribution in [2.75, 3.05) is 13.1 Å². The minimum Gasteiger partial charge on any atom is -0.336 e. The second-order valence-electron chi connectivity index (χ2n) is 8.01. The van der Waals surface area contributed by atoms with E-state index in [2.05, 4.69) is 20.5 Å². The Morgan fingerprint density at radius 1 is 1.23 bits per heavy atom. The van der Waals surface area contributed by atoms with Gasteiger partial charge in [-0.3, -0.25) is 9.89 Å². The molecule has 26 heavy (non-hydrogen) atoms. The number of likely N-dealkylation sites (tertiary alicyclic amines) is 1. The quantitative estimate of drug-likeness (QED) is 0.884. The van der Waals surface area contributed by atoms with Crippen LogP contribution < -0.4 is 0 Å². The summed E-state index contributed by atoms with van der Waals surface area (Å²) in [5.74, 6) is 3.97. The van der Waals surface area contributed by atoms with Gasteiger partial charge in [-0.05, 0) is 51.4 Å². The van der Waals surface area contributed by atoms with E-state index < -0.39 is 0 Å². The third-order valence-electron chi connectivity index (χ3n) is 6.10. The number of H-pyrrole nitrogens is 1. The lowest BCUT2D eigenvalue weighted by molar-refractivity contribution is 0.0771. The van der Waals surface area contributed by atoms with Gasteiger partial charge in [0.15, 0.2) is 5.82 Å². The monoisotopic (exact) mass is 355 g/mol. The Labute approximate surface area is 152 Å². The van der Waals surface area contributed by atoms with Crippen LogP contribution in [0.4, 0.5) is 0 Å². The summed E-state index contributed by atoms with van der Waals surface area (Å²) in [6, 6.07) is 0. The Hall–Kier alpha value is -2.25. The first-order valence-electron chi connectivity index (χ1n) is 9.77. The number of hydrogen-bond acceptors (Lipinski definition) is 5. The van der Waals surface area contributed by atoms with E-state index in [4.69, 9.17) is 4.98 Å². The number of carbonyl (C=O) groups excluding carboxylic acids is 1. The number of aromatic nitrogens is 6. The number of aryl methyl sites for hydroxylation is 2.